The van der Waals surface area contributed by atoms with Crippen molar-refractivity contribution in [1.29, 1.82) is 0 Å². The monoisotopic (exact) mass is 270 g/mol. The zero-order valence-electron chi connectivity index (χ0n) is 11.9. The lowest BCUT2D eigenvalue weighted by Gasteiger charge is -2.22. The highest BCUT2D eigenvalue weighted by atomic mass is 16.5. The van der Waals surface area contributed by atoms with Crippen LogP contribution >= 0.6 is 0 Å². The number of primary amides is 1. The standard InChI is InChI=1S/C16H18N2O2/c1-11-4-6-12(7-5-11)18(2)15-9-8-13(20-3)10-14(15)16(17)19/h4-10H,1-3H3,(H2,17,19). The lowest BCUT2D eigenvalue weighted by atomic mass is 10.1. The highest BCUT2D eigenvalue weighted by Crippen LogP contribution is 2.29. The Morgan fingerprint density at radius 1 is 1.15 bits per heavy atom. The molecule has 20 heavy (non-hydrogen) atoms. The van der Waals surface area contributed by atoms with Gasteiger partial charge in [-0.3, -0.25) is 4.79 Å². The van der Waals surface area contributed by atoms with Crippen molar-refractivity contribution in [2.24, 2.45) is 5.73 Å². The number of benzene rings is 2. The first kappa shape index (κ1) is 13.9. The molecule has 0 saturated heterocycles. The van der Waals surface area contributed by atoms with Gasteiger partial charge in [0.1, 0.15) is 5.75 Å². The summed E-state index contributed by atoms with van der Waals surface area (Å²) in [6.07, 6.45) is 0. The van der Waals surface area contributed by atoms with Crippen LogP contribution in [0.25, 0.3) is 0 Å². The first-order valence-electron chi connectivity index (χ1n) is 6.31. The number of nitrogens with zero attached hydrogens (tertiary/aromatic N) is 1. The Hall–Kier alpha value is -2.49. The second kappa shape index (κ2) is 5.65. The summed E-state index contributed by atoms with van der Waals surface area (Å²) in [4.78, 5) is 13.5. The van der Waals surface area contributed by atoms with Crippen molar-refractivity contribution in [3.8, 4) is 5.75 Å². The largest absolute Gasteiger partial charge is 0.497 e. The second-order valence-corrected chi connectivity index (χ2v) is 4.64. The Balaban J connectivity index is 2.45. The predicted octanol–water partition coefficient (Wildman–Crippen LogP) is 2.87. The number of hydrogen-bond acceptors (Lipinski definition) is 3. The molecule has 0 unspecified atom stereocenters. The Morgan fingerprint density at radius 3 is 2.35 bits per heavy atom. The number of anilines is 2. The highest BCUT2D eigenvalue weighted by Gasteiger charge is 2.14. The van der Waals surface area contributed by atoms with Crippen LogP contribution in [-0.2, 0) is 0 Å². The summed E-state index contributed by atoms with van der Waals surface area (Å²) in [5.41, 5.74) is 8.82. The Morgan fingerprint density at radius 2 is 1.80 bits per heavy atom. The number of ether oxygens (including phenoxy) is 1. The van der Waals surface area contributed by atoms with Crippen LogP contribution in [0.15, 0.2) is 42.5 Å². The van der Waals surface area contributed by atoms with Gasteiger partial charge in [0.2, 0.25) is 0 Å². The third kappa shape index (κ3) is 2.74. The number of aryl methyl sites for hydroxylation is 1. The molecule has 2 N–H and O–H groups in total. The average molecular weight is 270 g/mol. The fraction of sp³-hybridized carbons (Fsp3) is 0.188. The maximum absolute atomic E-state index is 11.6. The SMILES string of the molecule is COc1ccc(N(C)c2ccc(C)cc2)c(C(N)=O)c1. The molecule has 0 aromatic heterocycles. The van der Waals surface area contributed by atoms with Gasteiger partial charge < -0.3 is 15.4 Å². The summed E-state index contributed by atoms with van der Waals surface area (Å²) in [7, 11) is 3.46. The van der Waals surface area contributed by atoms with E-state index in [1.54, 1.807) is 13.2 Å². The predicted molar refractivity (Wildman–Crippen MR) is 80.8 cm³/mol. The number of nitrogens with two attached hydrogens (primary N) is 1. The van der Waals surface area contributed by atoms with Gasteiger partial charge in [0.05, 0.1) is 18.4 Å². The maximum atomic E-state index is 11.6. The fourth-order valence-electron chi connectivity index (χ4n) is 2.04. The molecule has 0 radical (unpaired) electrons. The smallest absolute Gasteiger partial charge is 0.250 e. The van der Waals surface area contributed by atoms with E-state index in [-0.39, 0.29) is 0 Å². The van der Waals surface area contributed by atoms with Crippen LogP contribution < -0.4 is 15.4 Å². The van der Waals surface area contributed by atoms with Gasteiger partial charge in [0.25, 0.3) is 5.91 Å². The number of rotatable bonds is 4. The number of carbonyl (C=O) groups excluding carboxylic acids is 1. The summed E-state index contributed by atoms with van der Waals surface area (Å²) >= 11 is 0. The van der Waals surface area contributed by atoms with Crippen molar-refractivity contribution in [2.75, 3.05) is 19.1 Å². The van der Waals surface area contributed by atoms with Crippen LogP contribution in [0, 0.1) is 6.92 Å². The van der Waals surface area contributed by atoms with E-state index < -0.39 is 5.91 Å². The van der Waals surface area contributed by atoms with E-state index in [2.05, 4.69) is 0 Å². The van der Waals surface area contributed by atoms with Crippen molar-refractivity contribution < 1.29 is 9.53 Å². The summed E-state index contributed by atoms with van der Waals surface area (Å²) in [5.74, 6) is 0.137. The molecular formula is C16H18N2O2. The van der Waals surface area contributed by atoms with E-state index in [9.17, 15) is 4.79 Å². The van der Waals surface area contributed by atoms with Crippen LogP contribution in [0.2, 0.25) is 0 Å². The topological polar surface area (TPSA) is 55.6 Å². The summed E-state index contributed by atoms with van der Waals surface area (Å²) < 4.78 is 5.13. The third-order valence-corrected chi connectivity index (χ3v) is 3.25. The van der Waals surface area contributed by atoms with Crippen LogP contribution in [0.4, 0.5) is 11.4 Å². The van der Waals surface area contributed by atoms with Gasteiger partial charge in [-0.15, -0.1) is 0 Å². The fourth-order valence-corrected chi connectivity index (χ4v) is 2.04. The molecule has 2 rings (SSSR count). The Bertz CT molecular complexity index is 621. The summed E-state index contributed by atoms with van der Waals surface area (Å²) in [6, 6.07) is 13.4. The molecule has 0 atom stereocenters. The Kier molecular flexibility index (Phi) is 3.94. The molecule has 104 valence electrons. The molecule has 4 nitrogen and oxygen atoms in total. The molecule has 0 aliphatic heterocycles. The molecule has 0 aliphatic rings. The number of hydrogen-bond donors (Lipinski definition) is 1. The minimum Gasteiger partial charge on any atom is -0.497 e. The first-order chi connectivity index (χ1) is 9.52. The van der Waals surface area contributed by atoms with Crippen LogP contribution in [0.1, 0.15) is 15.9 Å². The zero-order chi connectivity index (χ0) is 14.7. The van der Waals surface area contributed by atoms with E-state index in [4.69, 9.17) is 10.5 Å². The van der Waals surface area contributed by atoms with Gasteiger partial charge in [0, 0.05) is 12.7 Å². The number of amides is 1. The third-order valence-electron chi connectivity index (χ3n) is 3.25. The summed E-state index contributed by atoms with van der Waals surface area (Å²) in [5, 5.41) is 0. The average Bonchev–Trinajstić information content (AvgIpc) is 2.46. The van der Waals surface area contributed by atoms with Crippen molar-refractivity contribution in [1.82, 2.24) is 0 Å². The van der Waals surface area contributed by atoms with Gasteiger partial charge in [-0.25, -0.2) is 0 Å². The molecule has 2 aromatic carbocycles. The van der Waals surface area contributed by atoms with Crippen molar-refractivity contribution in [3.05, 3.63) is 53.6 Å². The van der Waals surface area contributed by atoms with Crippen molar-refractivity contribution >= 4 is 17.3 Å². The normalized spacial score (nSPS) is 10.2. The Labute approximate surface area is 118 Å². The molecule has 0 bridgehead atoms. The molecule has 0 aliphatic carbocycles. The molecule has 4 heteroatoms. The van der Waals surface area contributed by atoms with Gasteiger partial charge >= 0.3 is 0 Å². The van der Waals surface area contributed by atoms with Crippen LogP contribution in [0.3, 0.4) is 0 Å². The minimum atomic E-state index is -0.474. The van der Waals surface area contributed by atoms with E-state index in [1.807, 2.05) is 55.3 Å². The van der Waals surface area contributed by atoms with Gasteiger partial charge in [-0.05, 0) is 37.3 Å². The zero-order valence-corrected chi connectivity index (χ0v) is 11.9. The van der Waals surface area contributed by atoms with Gasteiger partial charge in [-0.2, -0.15) is 0 Å². The molecule has 2 aromatic rings. The lowest BCUT2D eigenvalue weighted by molar-refractivity contribution is 0.100. The number of carbonyl (C=O) groups is 1. The van der Waals surface area contributed by atoms with Crippen molar-refractivity contribution in [3.63, 3.8) is 0 Å². The van der Waals surface area contributed by atoms with Gasteiger partial charge in [0.15, 0.2) is 0 Å². The van der Waals surface area contributed by atoms with E-state index in [0.29, 0.717) is 11.3 Å². The van der Waals surface area contributed by atoms with Crippen LogP contribution in [0.5, 0.6) is 5.75 Å². The molecule has 0 spiro atoms. The molecule has 0 heterocycles. The second-order valence-electron chi connectivity index (χ2n) is 4.64. The first-order valence-corrected chi connectivity index (χ1v) is 6.31. The van der Waals surface area contributed by atoms with E-state index in [0.717, 1.165) is 11.4 Å². The quantitative estimate of drug-likeness (QED) is 0.929. The van der Waals surface area contributed by atoms with Crippen LogP contribution in [-0.4, -0.2) is 20.1 Å². The molecular weight excluding hydrogens is 252 g/mol. The van der Waals surface area contributed by atoms with Gasteiger partial charge in [-0.1, -0.05) is 17.7 Å². The minimum absolute atomic E-state index is 0.437. The van der Waals surface area contributed by atoms with E-state index >= 15 is 0 Å². The number of methoxy groups -OCH3 is 1. The molecule has 0 saturated carbocycles. The molecule has 1 amide bonds. The van der Waals surface area contributed by atoms with Crippen molar-refractivity contribution in [2.45, 2.75) is 6.92 Å². The summed E-state index contributed by atoms with van der Waals surface area (Å²) in [6.45, 7) is 2.03. The lowest BCUT2D eigenvalue weighted by Crippen LogP contribution is -2.18. The maximum Gasteiger partial charge on any atom is 0.250 e. The van der Waals surface area contributed by atoms with E-state index in [1.165, 1.54) is 5.56 Å². The highest BCUT2D eigenvalue weighted by molar-refractivity contribution is 6.00. The molecule has 0 fully saturated rings.